The van der Waals surface area contributed by atoms with Gasteiger partial charge in [-0.1, -0.05) is 84.6 Å². The second-order valence-electron chi connectivity index (χ2n) is 11.8. The Labute approximate surface area is 297 Å². The van der Waals surface area contributed by atoms with Gasteiger partial charge in [0, 0.05) is 29.1 Å². The molecule has 1 N–H and O–H groups in total. The fraction of sp³-hybridized carbons (Fsp3) is 0.297. The van der Waals surface area contributed by atoms with Crippen molar-refractivity contribution in [3.63, 3.8) is 0 Å². The number of para-hydroxylation sites is 2. The second kappa shape index (κ2) is 16.4. The molecule has 0 heterocycles. The summed E-state index contributed by atoms with van der Waals surface area (Å²) < 4.78 is 40.6. The molecular formula is C37H39Cl2N3O6S. The van der Waals surface area contributed by atoms with E-state index in [1.807, 2.05) is 30.3 Å². The Hall–Kier alpha value is -4.25. The molecular weight excluding hydrogens is 685 g/mol. The highest BCUT2D eigenvalue weighted by Gasteiger charge is 2.36. The molecule has 1 fully saturated rings. The molecule has 49 heavy (non-hydrogen) atoms. The number of ether oxygens (including phenoxy) is 2. The van der Waals surface area contributed by atoms with Crippen molar-refractivity contribution < 1.29 is 27.5 Å². The largest absolute Gasteiger partial charge is 0.497 e. The van der Waals surface area contributed by atoms with E-state index in [1.54, 1.807) is 42.5 Å². The summed E-state index contributed by atoms with van der Waals surface area (Å²) in [5.41, 5.74) is 1.54. The molecule has 9 nitrogen and oxygen atoms in total. The second-order valence-corrected chi connectivity index (χ2v) is 14.5. The van der Waals surface area contributed by atoms with E-state index in [-0.39, 0.29) is 41.2 Å². The Morgan fingerprint density at radius 3 is 2.20 bits per heavy atom. The molecule has 0 aliphatic heterocycles. The Bertz CT molecular complexity index is 1850. The predicted molar refractivity (Wildman–Crippen MR) is 192 cm³/mol. The average molecular weight is 725 g/mol. The van der Waals surface area contributed by atoms with Gasteiger partial charge < -0.3 is 19.7 Å². The van der Waals surface area contributed by atoms with Crippen molar-refractivity contribution in [2.75, 3.05) is 25.1 Å². The van der Waals surface area contributed by atoms with Crippen LogP contribution in [0.2, 0.25) is 10.0 Å². The van der Waals surface area contributed by atoms with Crippen molar-refractivity contribution in [3.05, 3.63) is 118 Å². The van der Waals surface area contributed by atoms with Crippen LogP contribution in [0.4, 0.5) is 5.69 Å². The summed E-state index contributed by atoms with van der Waals surface area (Å²) in [6.07, 6.45) is 3.91. The number of nitrogens with zero attached hydrogens (tertiary/aromatic N) is 2. The van der Waals surface area contributed by atoms with Gasteiger partial charge in [-0.3, -0.25) is 13.9 Å². The Balaban J connectivity index is 1.60. The third-order valence-corrected chi connectivity index (χ3v) is 11.0. The van der Waals surface area contributed by atoms with Gasteiger partial charge in [0.1, 0.15) is 24.1 Å². The monoisotopic (exact) mass is 723 g/mol. The maximum Gasteiger partial charge on any atom is 0.264 e. The number of amides is 2. The number of carbonyl (C=O) groups excluding carboxylic acids is 2. The van der Waals surface area contributed by atoms with Crippen molar-refractivity contribution in [2.24, 2.45) is 0 Å². The zero-order valence-electron chi connectivity index (χ0n) is 27.4. The number of anilines is 1. The lowest BCUT2D eigenvalue weighted by molar-refractivity contribution is -0.140. The predicted octanol–water partition coefficient (Wildman–Crippen LogP) is 6.90. The number of sulfonamides is 1. The quantitative estimate of drug-likeness (QED) is 0.152. The van der Waals surface area contributed by atoms with Crippen molar-refractivity contribution in [3.8, 4) is 11.5 Å². The highest BCUT2D eigenvalue weighted by Crippen LogP contribution is 2.33. The van der Waals surface area contributed by atoms with E-state index in [1.165, 1.54) is 43.4 Å². The van der Waals surface area contributed by atoms with Crippen LogP contribution in [0.5, 0.6) is 11.5 Å². The highest BCUT2D eigenvalue weighted by molar-refractivity contribution is 7.92. The van der Waals surface area contributed by atoms with Gasteiger partial charge in [-0.25, -0.2) is 8.42 Å². The standard InChI is InChI=1S/C37H39Cl2N3O6S/c1-47-30-18-20-31(21-19-30)49(45,46)42(33-14-8-9-15-35(33)48-2)25-36(43)41(24-27-16-17-28(38)23-32(27)39)34(22-26-10-4-3-5-11-26)37(44)40-29-12-6-7-13-29/h3-5,8-11,14-21,23,29,34H,6-7,12-13,22,24-25H2,1-2H3,(H,40,44)/t34-/m0/s1. The van der Waals surface area contributed by atoms with Crippen molar-refractivity contribution in [2.45, 2.75) is 55.6 Å². The minimum absolute atomic E-state index is 0.0117. The van der Waals surface area contributed by atoms with E-state index < -0.39 is 28.5 Å². The number of nitrogens with one attached hydrogen (secondary N) is 1. The van der Waals surface area contributed by atoms with Gasteiger partial charge in [0.25, 0.3) is 10.0 Å². The SMILES string of the molecule is COc1ccc(S(=O)(=O)N(CC(=O)N(Cc2ccc(Cl)cc2Cl)[C@@H](Cc2ccccc2)C(=O)NC2CCCC2)c2ccccc2OC)cc1. The van der Waals surface area contributed by atoms with Crippen LogP contribution in [0.3, 0.4) is 0 Å². The van der Waals surface area contributed by atoms with Crippen molar-refractivity contribution in [1.29, 1.82) is 0 Å². The Morgan fingerprint density at radius 1 is 0.878 bits per heavy atom. The first-order valence-electron chi connectivity index (χ1n) is 16.0. The summed E-state index contributed by atoms with van der Waals surface area (Å²) >= 11 is 12.8. The smallest absolute Gasteiger partial charge is 0.264 e. The fourth-order valence-electron chi connectivity index (χ4n) is 5.98. The van der Waals surface area contributed by atoms with E-state index in [0.29, 0.717) is 21.4 Å². The molecule has 2 amide bonds. The van der Waals surface area contributed by atoms with Gasteiger partial charge in [-0.2, -0.15) is 0 Å². The van der Waals surface area contributed by atoms with Crippen LogP contribution in [-0.2, 0) is 32.6 Å². The molecule has 0 bridgehead atoms. The summed E-state index contributed by atoms with van der Waals surface area (Å²) in [6.45, 7) is -0.714. The lowest BCUT2D eigenvalue weighted by atomic mass is 10.0. The summed E-state index contributed by atoms with van der Waals surface area (Å²) in [4.78, 5) is 30.3. The van der Waals surface area contributed by atoms with Crippen LogP contribution in [0, 0.1) is 0 Å². The first-order valence-corrected chi connectivity index (χ1v) is 18.2. The number of hydrogen-bond acceptors (Lipinski definition) is 6. The number of halogens is 2. The first kappa shape index (κ1) is 36.0. The first-order chi connectivity index (χ1) is 23.6. The lowest BCUT2D eigenvalue weighted by Crippen LogP contribution is -2.54. The van der Waals surface area contributed by atoms with Gasteiger partial charge in [-0.05, 0) is 72.5 Å². The zero-order chi connectivity index (χ0) is 35.0. The Kier molecular flexibility index (Phi) is 12.1. The van der Waals surface area contributed by atoms with E-state index in [4.69, 9.17) is 32.7 Å². The molecule has 12 heteroatoms. The third-order valence-electron chi connectivity index (χ3n) is 8.61. The zero-order valence-corrected chi connectivity index (χ0v) is 29.7. The molecule has 1 saturated carbocycles. The molecule has 5 rings (SSSR count). The van der Waals surface area contributed by atoms with E-state index in [2.05, 4.69) is 5.32 Å². The summed E-state index contributed by atoms with van der Waals surface area (Å²) in [6, 6.07) is 25.8. The third kappa shape index (κ3) is 8.86. The molecule has 1 aliphatic carbocycles. The van der Waals surface area contributed by atoms with Crippen LogP contribution < -0.4 is 19.1 Å². The Morgan fingerprint density at radius 2 is 1.55 bits per heavy atom. The van der Waals surface area contributed by atoms with Crippen LogP contribution in [0.15, 0.2) is 102 Å². The van der Waals surface area contributed by atoms with Crippen LogP contribution >= 0.6 is 23.2 Å². The van der Waals surface area contributed by atoms with Gasteiger partial charge in [0.15, 0.2) is 0 Å². The summed E-state index contributed by atoms with van der Waals surface area (Å²) in [5.74, 6) is -0.214. The van der Waals surface area contributed by atoms with Crippen LogP contribution in [0.25, 0.3) is 0 Å². The normalized spacial score (nSPS) is 13.8. The molecule has 1 aliphatic rings. The number of benzene rings is 4. The van der Waals surface area contributed by atoms with Crippen LogP contribution in [-0.4, -0.2) is 58.0 Å². The minimum atomic E-state index is -4.34. The van der Waals surface area contributed by atoms with Crippen molar-refractivity contribution in [1.82, 2.24) is 10.2 Å². The van der Waals surface area contributed by atoms with E-state index in [0.717, 1.165) is 35.6 Å². The molecule has 1 atom stereocenters. The maximum absolute atomic E-state index is 14.8. The molecule has 0 spiro atoms. The molecule has 0 aromatic heterocycles. The number of carbonyl (C=O) groups is 2. The van der Waals surface area contributed by atoms with E-state index in [9.17, 15) is 18.0 Å². The van der Waals surface area contributed by atoms with Crippen LogP contribution in [0.1, 0.15) is 36.8 Å². The number of methoxy groups -OCH3 is 2. The minimum Gasteiger partial charge on any atom is -0.497 e. The van der Waals surface area contributed by atoms with Gasteiger partial charge >= 0.3 is 0 Å². The van der Waals surface area contributed by atoms with E-state index >= 15 is 0 Å². The topological polar surface area (TPSA) is 105 Å². The molecule has 0 radical (unpaired) electrons. The highest BCUT2D eigenvalue weighted by atomic mass is 35.5. The molecule has 258 valence electrons. The lowest BCUT2D eigenvalue weighted by Gasteiger charge is -2.34. The van der Waals surface area contributed by atoms with Gasteiger partial charge in [0.2, 0.25) is 11.8 Å². The van der Waals surface area contributed by atoms with Crippen molar-refractivity contribution >= 4 is 50.7 Å². The molecule has 4 aromatic rings. The number of rotatable bonds is 14. The van der Waals surface area contributed by atoms with Gasteiger partial charge in [-0.15, -0.1) is 0 Å². The maximum atomic E-state index is 14.8. The molecule has 4 aromatic carbocycles. The molecule has 0 unspecified atom stereocenters. The van der Waals surface area contributed by atoms with Gasteiger partial charge in [0.05, 0.1) is 24.8 Å². The fourth-order valence-corrected chi connectivity index (χ4v) is 7.87. The summed E-state index contributed by atoms with van der Waals surface area (Å²) in [7, 11) is -1.43. The average Bonchev–Trinajstić information content (AvgIpc) is 3.63. The molecule has 0 saturated heterocycles. The number of hydrogen-bond donors (Lipinski definition) is 1. The summed E-state index contributed by atoms with van der Waals surface area (Å²) in [5, 5.41) is 3.89.